The SMILES string of the molecule is COc1nc(-c2ccc(C#N)cc2C)cnc1-c1cc(C)cc(C)c1. The van der Waals surface area contributed by atoms with Crippen LogP contribution in [0, 0.1) is 32.1 Å². The van der Waals surface area contributed by atoms with Crippen molar-refractivity contribution in [3.05, 3.63) is 64.8 Å². The Labute approximate surface area is 147 Å². The molecule has 0 radical (unpaired) electrons. The Morgan fingerprint density at radius 2 is 1.72 bits per heavy atom. The normalized spacial score (nSPS) is 10.4. The van der Waals surface area contributed by atoms with E-state index < -0.39 is 0 Å². The molecule has 0 aliphatic carbocycles. The molecule has 0 spiro atoms. The molecular weight excluding hydrogens is 310 g/mol. The smallest absolute Gasteiger partial charge is 0.240 e. The molecule has 1 heterocycles. The van der Waals surface area contributed by atoms with Gasteiger partial charge in [0.15, 0.2) is 0 Å². The first-order chi connectivity index (χ1) is 12.0. The van der Waals surface area contributed by atoms with Crippen molar-refractivity contribution in [2.45, 2.75) is 20.8 Å². The Bertz CT molecular complexity index is 967. The van der Waals surface area contributed by atoms with E-state index >= 15 is 0 Å². The second-order valence-electron chi connectivity index (χ2n) is 6.13. The van der Waals surface area contributed by atoms with Gasteiger partial charge in [0, 0.05) is 11.1 Å². The summed E-state index contributed by atoms with van der Waals surface area (Å²) in [5.41, 5.74) is 7.34. The molecule has 1 aromatic heterocycles. The Morgan fingerprint density at radius 3 is 2.32 bits per heavy atom. The average molecular weight is 329 g/mol. The molecule has 0 aliphatic rings. The second kappa shape index (κ2) is 6.74. The minimum Gasteiger partial charge on any atom is -0.479 e. The van der Waals surface area contributed by atoms with Crippen LogP contribution in [0.1, 0.15) is 22.3 Å². The zero-order valence-electron chi connectivity index (χ0n) is 14.8. The minimum absolute atomic E-state index is 0.492. The number of rotatable bonds is 3. The molecule has 4 nitrogen and oxygen atoms in total. The molecule has 0 saturated carbocycles. The van der Waals surface area contributed by atoms with Crippen LogP contribution in [0.4, 0.5) is 0 Å². The summed E-state index contributed by atoms with van der Waals surface area (Å²) in [4.78, 5) is 9.26. The molecule has 0 saturated heterocycles. The van der Waals surface area contributed by atoms with Gasteiger partial charge in [0.1, 0.15) is 5.69 Å². The average Bonchev–Trinajstić information content (AvgIpc) is 2.60. The second-order valence-corrected chi connectivity index (χ2v) is 6.13. The fraction of sp³-hybridized carbons (Fsp3) is 0.190. The molecule has 0 unspecified atom stereocenters. The predicted octanol–water partition coefficient (Wildman–Crippen LogP) is 4.62. The largest absolute Gasteiger partial charge is 0.479 e. The maximum absolute atomic E-state index is 9.01. The first-order valence-corrected chi connectivity index (χ1v) is 8.02. The van der Waals surface area contributed by atoms with Gasteiger partial charge >= 0.3 is 0 Å². The van der Waals surface area contributed by atoms with Crippen LogP contribution in [0.25, 0.3) is 22.5 Å². The van der Waals surface area contributed by atoms with Gasteiger partial charge in [0.25, 0.3) is 0 Å². The summed E-state index contributed by atoms with van der Waals surface area (Å²) in [6, 6.07) is 14.0. The van der Waals surface area contributed by atoms with Crippen LogP contribution in [-0.4, -0.2) is 17.1 Å². The Morgan fingerprint density at radius 1 is 1.00 bits per heavy atom. The lowest BCUT2D eigenvalue weighted by atomic mass is 10.0. The van der Waals surface area contributed by atoms with Gasteiger partial charge in [-0.05, 0) is 50.6 Å². The van der Waals surface area contributed by atoms with E-state index in [9.17, 15) is 0 Å². The van der Waals surface area contributed by atoms with Gasteiger partial charge in [-0.25, -0.2) is 9.97 Å². The van der Waals surface area contributed by atoms with Gasteiger partial charge in [0.05, 0.1) is 30.6 Å². The molecule has 0 aliphatic heterocycles. The van der Waals surface area contributed by atoms with E-state index in [0.717, 1.165) is 28.1 Å². The van der Waals surface area contributed by atoms with E-state index in [1.54, 1.807) is 19.4 Å². The van der Waals surface area contributed by atoms with Crippen molar-refractivity contribution < 1.29 is 4.74 Å². The minimum atomic E-state index is 0.492. The molecule has 4 heteroatoms. The van der Waals surface area contributed by atoms with E-state index in [2.05, 4.69) is 48.1 Å². The Balaban J connectivity index is 2.10. The maximum Gasteiger partial charge on any atom is 0.240 e. The van der Waals surface area contributed by atoms with E-state index in [1.165, 1.54) is 11.1 Å². The predicted molar refractivity (Wildman–Crippen MR) is 98.4 cm³/mol. The third kappa shape index (κ3) is 3.36. The first-order valence-electron chi connectivity index (χ1n) is 8.02. The number of methoxy groups -OCH3 is 1. The molecule has 3 aromatic rings. The van der Waals surface area contributed by atoms with Crippen molar-refractivity contribution in [2.75, 3.05) is 7.11 Å². The topological polar surface area (TPSA) is 58.8 Å². The highest BCUT2D eigenvalue weighted by atomic mass is 16.5. The number of hydrogen-bond acceptors (Lipinski definition) is 4. The van der Waals surface area contributed by atoms with Crippen molar-refractivity contribution in [3.8, 4) is 34.5 Å². The van der Waals surface area contributed by atoms with Crippen molar-refractivity contribution in [1.29, 1.82) is 5.26 Å². The number of hydrogen-bond donors (Lipinski definition) is 0. The summed E-state index contributed by atoms with van der Waals surface area (Å²) >= 11 is 0. The molecule has 0 bridgehead atoms. The highest BCUT2D eigenvalue weighted by molar-refractivity contribution is 5.70. The van der Waals surface area contributed by atoms with E-state index in [0.29, 0.717) is 11.4 Å². The van der Waals surface area contributed by atoms with E-state index in [4.69, 9.17) is 10.00 Å². The number of nitrogens with zero attached hydrogens (tertiary/aromatic N) is 3. The molecular formula is C21H19N3O. The van der Waals surface area contributed by atoms with Gasteiger partial charge in [-0.3, -0.25) is 0 Å². The van der Waals surface area contributed by atoms with Crippen LogP contribution in [0.5, 0.6) is 5.88 Å². The fourth-order valence-corrected chi connectivity index (χ4v) is 2.97. The van der Waals surface area contributed by atoms with Gasteiger partial charge in [-0.2, -0.15) is 5.26 Å². The third-order valence-corrected chi connectivity index (χ3v) is 4.06. The summed E-state index contributed by atoms with van der Waals surface area (Å²) in [6.45, 7) is 6.08. The monoisotopic (exact) mass is 329 g/mol. The molecule has 0 amide bonds. The molecule has 3 rings (SSSR count). The standard InChI is InChI=1S/C21H19N3O/c1-13-7-14(2)9-17(8-13)20-21(25-4)24-19(12-23-20)18-6-5-16(11-22)10-15(18)3/h5-10,12H,1-4H3. The van der Waals surface area contributed by atoms with Crippen molar-refractivity contribution in [2.24, 2.45) is 0 Å². The van der Waals surface area contributed by atoms with Gasteiger partial charge in [-0.15, -0.1) is 0 Å². The zero-order chi connectivity index (χ0) is 18.0. The first kappa shape index (κ1) is 16.7. The van der Waals surface area contributed by atoms with Gasteiger partial charge in [-0.1, -0.05) is 23.3 Å². The van der Waals surface area contributed by atoms with Crippen LogP contribution in [0.2, 0.25) is 0 Å². The molecule has 2 aromatic carbocycles. The highest BCUT2D eigenvalue weighted by Crippen LogP contribution is 2.31. The quantitative estimate of drug-likeness (QED) is 0.703. The summed E-state index contributed by atoms with van der Waals surface area (Å²) in [5, 5.41) is 9.01. The Hall–Kier alpha value is -3.19. The summed E-state index contributed by atoms with van der Waals surface area (Å²) in [7, 11) is 1.60. The van der Waals surface area contributed by atoms with Crippen LogP contribution < -0.4 is 4.74 Å². The van der Waals surface area contributed by atoms with Gasteiger partial charge in [0.2, 0.25) is 5.88 Å². The van der Waals surface area contributed by atoms with Crippen LogP contribution in [0.15, 0.2) is 42.6 Å². The van der Waals surface area contributed by atoms with E-state index in [1.807, 2.05) is 19.1 Å². The molecule has 25 heavy (non-hydrogen) atoms. The molecule has 0 N–H and O–H groups in total. The fourth-order valence-electron chi connectivity index (χ4n) is 2.97. The summed E-state index contributed by atoms with van der Waals surface area (Å²) < 4.78 is 5.50. The maximum atomic E-state index is 9.01. The lowest BCUT2D eigenvalue weighted by Gasteiger charge is -2.11. The van der Waals surface area contributed by atoms with Crippen LogP contribution in [0.3, 0.4) is 0 Å². The molecule has 0 atom stereocenters. The highest BCUT2D eigenvalue weighted by Gasteiger charge is 2.13. The van der Waals surface area contributed by atoms with E-state index in [-0.39, 0.29) is 0 Å². The zero-order valence-corrected chi connectivity index (χ0v) is 14.8. The molecule has 0 fully saturated rings. The van der Waals surface area contributed by atoms with Gasteiger partial charge < -0.3 is 4.74 Å². The molecule has 124 valence electrons. The number of aryl methyl sites for hydroxylation is 3. The van der Waals surface area contributed by atoms with Crippen molar-refractivity contribution >= 4 is 0 Å². The number of ether oxygens (including phenoxy) is 1. The lowest BCUT2D eigenvalue weighted by Crippen LogP contribution is -1.98. The lowest BCUT2D eigenvalue weighted by molar-refractivity contribution is 0.398. The van der Waals surface area contributed by atoms with Crippen molar-refractivity contribution in [3.63, 3.8) is 0 Å². The Kier molecular flexibility index (Phi) is 4.49. The third-order valence-electron chi connectivity index (χ3n) is 4.06. The number of benzene rings is 2. The van der Waals surface area contributed by atoms with Crippen LogP contribution >= 0.6 is 0 Å². The number of aromatic nitrogens is 2. The number of nitriles is 1. The van der Waals surface area contributed by atoms with Crippen molar-refractivity contribution in [1.82, 2.24) is 9.97 Å². The summed E-state index contributed by atoms with van der Waals surface area (Å²) in [6.07, 6.45) is 1.75. The summed E-state index contributed by atoms with van der Waals surface area (Å²) in [5.74, 6) is 0.492. The van der Waals surface area contributed by atoms with Crippen LogP contribution in [-0.2, 0) is 0 Å².